The van der Waals surface area contributed by atoms with Crippen LogP contribution in [0.15, 0.2) is 23.2 Å². The van der Waals surface area contributed by atoms with Gasteiger partial charge in [-0.2, -0.15) is 13.2 Å². The molecular formula is C15H22F4IN3O2S. The number of benzene rings is 1. The molecule has 0 aromatic heterocycles. The van der Waals surface area contributed by atoms with Gasteiger partial charge in [0.2, 0.25) is 0 Å². The maximum absolute atomic E-state index is 13.1. The van der Waals surface area contributed by atoms with Crippen molar-refractivity contribution in [2.45, 2.75) is 26.1 Å². The van der Waals surface area contributed by atoms with Gasteiger partial charge in [-0.25, -0.2) is 17.8 Å². The number of alkyl halides is 3. The van der Waals surface area contributed by atoms with Gasteiger partial charge in [-0.15, -0.1) is 24.0 Å². The Hall–Kier alpha value is -1.11. The summed E-state index contributed by atoms with van der Waals surface area (Å²) >= 11 is 0. The normalized spacial score (nSPS) is 12.5. The highest BCUT2D eigenvalue weighted by Gasteiger charge is 2.33. The highest BCUT2D eigenvalue weighted by Crippen LogP contribution is 2.32. The van der Waals surface area contributed by atoms with Crippen LogP contribution in [-0.4, -0.2) is 39.5 Å². The Morgan fingerprint density at radius 2 is 1.88 bits per heavy atom. The second-order valence-electron chi connectivity index (χ2n) is 5.40. The van der Waals surface area contributed by atoms with Crippen molar-refractivity contribution >= 4 is 39.8 Å². The summed E-state index contributed by atoms with van der Waals surface area (Å²) in [5.41, 5.74) is -1.22. The number of aliphatic imine (C=N–C) groups is 1. The lowest BCUT2D eigenvalue weighted by atomic mass is 10.1. The van der Waals surface area contributed by atoms with E-state index in [1.165, 1.54) is 0 Å². The summed E-state index contributed by atoms with van der Waals surface area (Å²) in [6.45, 7) is 2.27. The zero-order valence-electron chi connectivity index (χ0n) is 14.4. The monoisotopic (exact) mass is 511 g/mol. The summed E-state index contributed by atoms with van der Waals surface area (Å²) in [5.74, 6) is -0.713. The first-order valence-electron chi connectivity index (χ1n) is 7.58. The van der Waals surface area contributed by atoms with Crippen LogP contribution >= 0.6 is 24.0 Å². The minimum Gasteiger partial charge on any atom is -0.357 e. The van der Waals surface area contributed by atoms with Crippen molar-refractivity contribution in [2.24, 2.45) is 4.99 Å². The van der Waals surface area contributed by atoms with E-state index in [1.807, 2.05) is 0 Å². The fraction of sp³-hybridized carbons (Fsp3) is 0.533. The summed E-state index contributed by atoms with van der Waals surface area (Å²) in [5, 5.41) is 5.71. The summed E-state index contributed by atoms with van der Waals surface area (Å²) in [6.07, 6.45) is -3.21. The maximum atomic E-state index is 13.1. The Balaban J connectivity index is 0.00000625. The molecule has 0 saturated heterocycles. The number of halogens is 5. The van der Waals surface area contributed by atoms with Crippen LogP contribution in [0.25, 0.3) is 0 Å². The van der Waals surface area contributed by atoms with E-state index in [0.717, 1.165) is 18.4 Å². The molecule has 1 rings (SSSR count). The first-order chi connectivity index (χ1) is 11.5. The molecule has 0 aliphatic carbocycles. The van der Waals surface area contributed by atoms with Crippen molar-refractivity contribution in [1.82, 2.24) is 10.6 Å². The summed E-state index contributed by atoms with van der Waals surface area (Å²) in [6, 6.07) is 2.44. The largest absolute Gasteiger partial charge is 0.416 e. The van der Waals surface area contributed by atoms with Gasteiger partial charge < -0.3 is 10.6 Å². The molecule has 0 aliphatic heterocycles. The number of guanidine groups is 1. The first-order valence-corrected chi connectivity index (χ1v) is 9.64. The molecule has 1 aromatic carbocycles. The number of rotatable bonds is 7. The quantitative estimate of drug-likeness (QED) is 0.194. The number of hydrogen-bond acceptors (Lipinski definition) is 3. The predicted molar refractivity (Wildman–Crippen MR) is 104 cm³/mol. The van der Waals surface area contributed by atoms with Crippen molar-refractivity contribution in [3.8, 4) is 0 Å². The van der Waals surface area contributed by atoms with Gasteiger partial charge in [-0.3, -0.25) is 0 Å². The Morgan fingerprint density at radius 1 is 1.23 bits per heavy atom. The number of nitrogens with zero attached hydrogens (tertiary/aromatic N) is 1. The van der Waals surface area contributed by atoms with Crippen LogP contribution in [0, 0.1) is 5.82 Å². The Kier molecular flexibility index (Phi) is 10.4. The zero-order valence-corrected chi connectivity index (χ0v) is 17.5. The molecule has 0 radical (unpaired) electrons. The molecule has 2 N–H and O–H groups in total. The van der Waals surface area contributed by atoms with E-state index in [1.54, 1.807) is 6.92 Å². The van der Waals surface area contributed by atoms with Crippen molar-refractivity contribution in [1.29, 1.82) is 0 Å². The van der Waals surface area contributed by atoms with Crippen molar-refractivity contribution in [2.75, 3.05) is 25.1 Å². The smallest absolute Gasteiger partial charge is 0.357 e. The van der Waals surface area contributed by atoms with E-state index in [2.05, 4.69) is 15.6 Å². The topological polar surface area (TPSA) is 70.6 Å². The molecule has 0 aliphatic rings. The second kappa shape index (κ2) is 10.9. The van der Waals surface area contributed by atoms with Gasteiger partial charge in [-0.05, 0) is 31.0 Å². The van der Waals surface area contributed by atoms with Crippen molar-refractivity contribution < 1.29 is 26.0 Å². The standard InChI is InChI=1S/C15H21F4N3O2S.HI/c1-3-20-14(21-7-4-8-25(2,23)24)22-10-11-5-6-12(16)9-13(11)15(17,18)19;/h5-6,9H,3-4,7-8,10H2,1-2H3,(H2,20,21,22);1H. The molecule has 26 heavy (non-hydrogen) atoms. The van der Waals surface area contributed by atoms with Gasteiger partial charge in [0.05, 0.1) is 17.9 Å². The molecule has 0 amide bonds. The van der Waals surface area contributed by atoms with Crippen LogP contribution in [0.2, 0.25) is 0 Å². The molecule has 5 nitrogen and oxygen atoms in total. The fourth-order valence-corrected chi connectivity index (χ4v) is 2.67. The summed E-state index contributed by atoms with van der Waals surface area (Å²) < 4.78 is 74.1. The van der Waals surface area contributed by atoms with E-state index in [9.17, 15) is 26.0 Å². The minimum atomic E-state index is -4.67. The van der Waals surface area contributed by atoms with Crippen LogP contribution in [0.5, 0.6) is 0 Å². The van der Waals surface area contributed by atoms with Gasteiger partial charge >= 0.3 is 6.18 Å². The third kappa shape index (κ3) is 9.55. The molecule has 0 spiro atoms. The highest BCUT2D eigenvalue weighted by atomic mass is 127. The molecular weight excluding hydrogens is 489 g/mol. The van der Waals surface area contributed by atoms with Gasteiger partial charge in [0, 0.05) is 19.3 Å². The minimum absolute atomic E-state index is 0. The van der Waals surface area contributed by atoms with Crippen LogP contribution in [0.1, 0.15) is 24.5 Å². The third-order valence-corrected chi connectivity index (χ3v) is 4.14. The lowest BCUT2D eigenvalue weighted by Crippen LogP contribution is -2.38. The van der Waals surface area contributed by atoms with Gasteiger partial charge in [-0.1, -0.05) is 6.07 Å². The Bertz CT molecular complexity index is 709. The van der Waals surface area contributed by atoms with Crippen LogP contribution in [-0.2, 0) is 22.6 Å². The van der Waals surface area contributed by atoms with Crippen LogP contribution in [0.3, 0.4) is 0 Å². The maximum Gasteiger partial charge on any atom is 0.416 e. The van der Waals surface area contributed by atoms with E-state index >= 15 is 0 Å². The van der Waals surface area contributed by atoms with Gasteiger partial charge in [0.15, 0.2) is 5.96 Å². The fourth-order valence-electron chi connectivity index (χ4n) is 2.00. The van der Waals surface area contributed by atoms with Crippen molar-refractivity contribution in [3.63, 3.8) is 0 Å². The van der Waals surface area contributed by atoms with E-state index < -0.39 is 27.4 Å². The van der Waals surface area contributed by atoms with E-state index in [0.29, 0.717) is 25.6 Å². The molecule has 1 aromatic rings. The Labute approximate surface area is 167 Å². The second-order valence-corrected chi connectivity index (χ2v) is 7.66. The molecule has 11 heteroatoms. The average molecular weight is 511 g/mol. The lowest BCUT2D eigenvalue weighted by molar-refractivity contribution is -0.138. The van der Waals surface area contributed by atoms with E-state index in [-0.39, 0.29) is 47.8 Å². The lowest BCUT2D eigenvalue weighted by Gasteiger charge is -2.14. The number of hydrogen-bond donors (Lipinski definition) is 2. The highest BCUT2D eigenvalue weighted by molar-refractivity contribution is 14.0. The predicted octanol–water partition coefficient (Wildman–Crippen LogP) is 2.95. The van der Waals surface area contributed by atoms with Gasteiger partial charge in [0.25, 0.3) is 0 Å². The average Bonchev–Trinajstić information content (AvgIpc) is 2.48. The number of nitrogens with one attached hydrogen (secondary N) is 2. The zero-order chi connectivity index (χ0) is 19.1. The molecule has 0 heterocycles. The molecule has 0 atom stereocenters. The molecule has 0 saturated carbocycles. The van der Waals surface area contributed by atoms with E-state index in [4.69, 9.17) is 0 Å². The summed E-state index contributed by atoms with van der Waals surface area (Å²) in [4.78, 5) is 4.04. The van der Waals surface area contributed by atoms with Gasteiger partial charge in [0.1, 0.15) is 15.7 Å². The Morgan fingerprint density at radius 3 is 2.42 bits per heavy atom. The third-order valence-electron chi connectivity index (χ3n) is 3.11. The molecule has 150 valence electrons. The SMILES string of the molecule is CCNC(=NCc1ccc(F)cc1C(F)(F)F)NCCCS(C)(=O)=O.I. The van der Waals surface area contributed by atoms with Crippen LogP contribution < -0.4 is 10.6 Å². The van der Waals surface area contributed by atoms with Crippen molar-refractivity contribution in [3.05, 3.63) is 35.1 Å². The van der Waals surface area contributed by atoms with Crippen LogP contribution in [0.4, 0.5) is 17.6 Å². The molecule has 0 bridgehead atoms. The molecule has 0 unspecified atom stereocenters. The first kappa shape index (κ1) is 24.9. The molecule has 0 fully saturated rings. The summed E-state index contributed by atoms with van der Waals surface area (Å²) in [7, 11) is -3.08. The number of sulfone groups is 1.